The predicted octanol–water partition coefficient (Wildman–Crippen LogP) is 4.18. The maximum absolute atomic E-state index is 12.9. The van der Waals surface area contributed by atoms with Gasteiger partial charge in [0.1, 0.15) is 6.04 Å². The van der Waals surface area contributed by atoms with E-state index in [1.165, 1.54) is 0 Å². The number of ether oxygens (including phenoxy) is 1. The molecule has 0 radical (unpaired) electrons. The Morgan fingerprint density at radius 1 is 1.15 bits per heavy atom. The van der Waals surface area contributed by atoms with Crippen LogP contribution in [0.1, 0.15) is 32.6 Å². The minimum absolute atomic E-state index is 0.139. The fraction of sp³-hybridized carbons (Fsp3) is 0.429. The van der Waals surface area contributed by atoms with Gasteiger partial charge in [0.2, 0.25) is 0 Å². The van der Waals surface area contributed by atoms with Gasteiger partial charge in [-0.15, -0.1) is 0 Å². The van der Waals surface area contributed by atoms with Crippen LogP contribution >= 0.6 is 0 Å². The summed E-state index contributed by atoms with van der Waals surface area (Å²) in [7, 11) is 0. The van der Waals surface area contributed by atoms with Gasteiger partial charge in [0, 0.05) is 11.7 Å². The monoisotopic (exact) mass is 352 g/mol. The molecule has 0 aromatic heterocycles. The van der Waals surface area contributed by atoms with Crippen LogP contribution in [0.2, 0.25) is 0 Å². The topological polar surface area (TPSA) is 58.6 Å². The smallest absolute Gasteiger partial charge is 0.329 e. The lowest BCUT2D eigenvalue weighted by atomic mass is 9.99. The highest BCUT2D eigenvalue weighted by atomic mass is 16.5. The van der Waals surface area contributed by atoms with E-state index in [-0.39, 0.29) is 24.0 Å². The van der Waals surface area contributed by atoms with Crippen LogP contribution in [0.5, 0.6) is 0 Å². The second-order valence-corrected chi connectivity index (χ2v) is 7.24. The molecule has 1 aliphatic heterocycles. The number of likely N-dealkylation sites (tertiary alicyclic amines) is 1. The summed E-state index contributed by atoms with van der Waals surface area (Å²) in [5.41, 5.74) is 0.747. The van der Waals surface area contributed by atoms with Crippen molar-refractivity contribution in [2.45, 2.75) is 44.7 Å². The summed E-state index contributed by atoms with van der Waals surface area (Å²) in [4.78, 5) is 27.2. The zero-order valence-electron chi connectivity index (χ0n) is 15.0. The Hall–Kier alpha value is -2.56. The van der Waals surface area contributed by atoms with Crippen molar-refractivity contribution in [3.05, 3.63) is 42.5 Å². The molecule has 1 N–H and O–H groups in total. The third-order valence-electron chi connectivity index (χ3n) is 5.51. The Morgan fingerprint density at radius 3 is 2.77 bits per heavy atom. The van der Waals surface area contributed by atoms with E-state index in [1.807, 2.05) is 49.4 Å². The quantitative estimate of drug-likeness (QED) is 0.840. The SMILES string of the molecule is CCCOC(=O)C1C2CCC(C2)N1C(=O)Nc1ccc2ccccc2c1. The maximum Gasteiger partial charge on any atom is 0.329 e. The van der Waals surface area contributed by atoms with Crippen LogP contribution in [0.25, 0.3) is 10.8 Å². The van der Waals surface area contributed by atoms with E-state index in [4.69, 9.17) is 4.74 Å². The van der Waals surface area contributed by atoms with Gasteiger partial charge in [0.15, 0.2) is 0 Å². The van der Waals surface area contributed by atoms with Crippen molar-refractivity contribution in [3.8, 4) is 0 Å². The standard InChI is InChI=1S/C21H24N2O3/c1-2-11-26-20(24)19-16-8-10-18(13-16)23(19)21(25)22-17-9-7-14-5-3-4-6-15(14)12-17/h3-7,9,12,16,18-19H,2,8,10-11,13H2,1H3,(H,22,25). The Balaban J connectivity index is 1.52. The molecule has 3 unspecified atom stereocenters. The van der Waals surface area contributed by atoms with E-state index < -0.39 is 6.04 Å². The van der Waals surface area contributed by atoms with Crippen molar-refractivity contribution >= 4 is 28.5 Å². The number of carbonyl (C=O) groups excluding carboxylic acids is 2. The molecule has 2 aromatic rings. The van der Waals surface area contributed by atoms with Crippen molar-refractivity contribution < 1.29 is 14.3 Å². The summed E-state index contributed by atoms with van der Waals surface area (Å²) in [6.07, 6.45) is 3.65. The molecule has 3 atom stereocenters. The first kappa shape index (κ1) is 16.9. The van der Waals surface area contributed by atoms with Gasteiger partial charge in [-0.25, -0.2) is 9.59 Å². The number of urea groups is 1. The molecule has 136 valence electrons. The number of fused-ring (bicyclic) bond motifs is 3. The molecular weight excluding hydrogens is 328 g/mol. The molecule has 5 heteroatoms. The fourth-order valence-electron chi connectivity index (χ4n) is 4.33. The highest BCUT2D eigenvalue weighted by Gasteiger charge is 2.52. The average Bonchev–Trinajstić information content (AvgIpc) is 3.27. The molecule has 2 fully saturated rings. The Morgan fingerprint density at radius 2 is 1.96 bits per heavy atom. The van der Waals surface area contributed by atoms with Gasteiger partial charge in [0.05, 0.1) is 6.61 Å². The van der Waals surface area contributed by atoms with Gasteiger partial charge >= 0.3 is 12.0 Å². The summed E-state index contributed by atoms with van der Waals surface area (Å²) < 4.78 is 5.36. The van der Waals surface area contributed by atoms with Crippen LogP contribution in [-0.2, 0) is 9.53 Å². The first-order chi connectivity index (χ1) is 12.7. The normalized spacial score (nSPS) is 24.0. The van der Waals surface area contributed by atoms with Gasteiger partial charge in [-0.1, -0.05) is 37.3 Å². The molecule has 2 aliphatic rings. The molecule has 2 amide bonds. The average molecular weight is 352 g/mol. The number of carbonyl (C=O) groups is 2. The summed E-state index contributed by atoms with van der Waals surface area (Å²) in [6, 6.07) is 13.4. The van der Waals surface area contributed by atoms with Gasteiger partial charge in [-0.05, 0) is 54.5 Å². The van der Waals surface area contributed by atoms with Gasteiger partial charge < -0.3 is 15.0 Å². The lowest BCUT2D eigenvalue weighted by Gasteiger charge is -2.33. The van der Waals surface area contributed by atoms with Gasteiger partial charge in [0.25, 0.3) is 0 Å². The number of rotatable bonds is 4. The maximum atomic E-state index is 12.9. The van der Waals surface area contributed by atoms with Crippen molar-refractivity contribution in [1.29, 1.82) is 0 Å². The minimum atomic E-state index is -0.444. The number of benzene rings is 2. The van der Waals surface area contributed by atoms with Gasteiger partial charge in [-0.2, -0.15) is 0 Å². The summed E-state index contributed by atoms with van der Waals surface area (Å²) >= 11 is 0. The molecule has 26 heavy (non-hydrogen) atoms. The van der Waals surface area contributed by atoms with Crippen molar-refractivity contribution in [2.75, 3.05) is 11.9 Å². The molecule has 1 saturated carbocycles. The molecule has 4 rings (SSSR count). The van der Waals surface area contributed by atoms with Crippen molar-refractivity contribution in [2.24, 2.45) is 5.92 Å². The molecule has 1 aliphatic carbocycles. The lowest BCUT2D eigenvalue weighted by molar-refractivity contribution is -0.150. The van der Waals surface area contributed by atoms with E-state index in [9.17, 15) is 9.59 Å². The van der Waals surface area contributed by atoms with Crippen LogP contribution in [0.3, 0.4) is 0 Å². The predicted molar refractivity (Wildman–Crippen MR) is 101 cm³/mol. The van der Waals surface area contributed by atoms with Crippen LogP contribution in [0.15, 0.2) is 42.5 Å². The third kappa shape index (κ3) is 3.02. The number of esters is 1. The van der Waals surface area contributed by atoms with Crippen LogP contribution in [-0.4, -0.2) is 35.6 Å². The van der Waals surface area contributed by atoms with Crippen molar-refractivity contribution in [3.63, 3.8) is 0 Å². The first-order valence-corrected chi connectivity index (χ1v) is 9.42. The molecule has 0 spiro atoms. The summed E-state index contributed by atoms with van der Waals surface area (Å²) in [6.45, 7) is 2.38. The molecule has 1 saturated heterocycles. The number of nitrogens with one attached hydrogen (secondary N) is 1. The Kier molecular flexibility index (Phi) is 4.53. The zero-order chi connectivity index (χ0) is 18.1. The second-order valence-electron chi connectivity index (χ2n) is 7.24. The number of piperidine rings is 1. The number of hydrogen-bond acceptors (Lipinski definition) is 3. The number of nitrogens with zero attached hydrogens (tertiary/aromatic N) is 1. The van der Waals surface area contributed by atoms with E-state index in [0.717, 1.165) is 42.1 Å². The molecule has 1 heterocycles. The molecule has 2 aromatic carbocycles. The van der Waals surface area contributed by atoms with Crippen LogP contribution < -0.4 is 5.32 Å². The zero-order valence-corrected chi connectivity index (χ0v) is 15.0. The largest absolute Gasteiger partial charge is 0.464 e. The number of hydrogen-bond donors (Lipinski definition) is 1. The first-order valence-electron chi connectivity index (χ1n) is 9.42. The van der Waals surface area contributed by atoms with E-state index in [1.54, 1.807) is 4.90 Å². The Bertz CT molecular complexity index is 835. The lowest BCUT2D eigenvalue weighted by Crippen LogP contribution is -2.51. The highest BCUT2D eigenvalue weighted by Crippen LogP contribution is 2.43. The van der Waals surface area contributed by atoms with E-state index in [2.05, 4.69) is 5.32 Å². The summed E-state index contributed by atoms with van der Waals surface area (Å²) in [5, 5.41) is 5.19. The Labute approximate surface area is 153 Å². The minimum Gasteiger partial charge on any atom is -0.464 e. The number of anilines is 1. The summed E-state index contributed by atoms with van der Waals surface area (Å²) in [5.74, 6) is -0.0283. The number of amides is 2. The van der Waals surface area contributed by atoms with Crippen molar-refractivity contribution in [1.82, 2.24) is 4.90 Å². The second kappa shape index (κ2) is 6.98. The third-order valence-corrected chi connectivity index (χ3v) is 5.51. The van der Waals surface area contributed by atoms with E-state index >= 15 is 0 Å². The fourth-order valence-corrected chi connectivity index (χ4v) is 4.33. The molecule has 2 bridgehead atoms. The van der Waals surface area contributed by atoms with E-state index in [0.29, 0.717) is 6.61 Å². The van der Waals surface area contributed by atoms with Crippen LogP contribution in [0, 0.1) is 5.92 Å². The highest BCUT2D eigenvalue weighted by molar-refractivity contribution is 5.96. The van der Waals surface area contributed by atoms with Crippen LogP contribution in [0.4, 0.5) is 10.5 Å². The van der Waals surface area contributed by atoms with Gasteiger partial charge in [-0.3, -0.25) is 0 Å². The molecule has 5 nitrogen and oxygen atoms in total. The molecular formula is C21H24N2O3.